The summed E-state index contributed by atoms with van der Waals surface area (Å²) in [6, 6.07) is 7.81. The van der Waals surface area contributed by atoms with Crippen molar-refractivity contribution in [2.24, 2.45) is 4.99 Å². The molecule has 0 aliphatic rings. The Morgan fingerprint density at radius 1 is 1.35 bits per heavy atom. The zero-order valence-corrected chi connectivity index (χ0v) is 15.8. The number of guanidine groups is 1. The summed E-state index contributed by atoms with van der Waals surface area (Å²) >= 11 is 1.62. The van der Waals surface area contributed by atoms with Gasteiger partial charge in [0.15, 0.2) is 10.9 Å². The van der Waals surface area contributed by atoms with Crippen molar-refractivity contribution in [3.05, 3.63) is 47.7 Å². The van der Waals surface area contributed by atoms with Crippen LogP contribution in [0.3, 0.4) is 0 Å². The quantitative estimate of drug-likeness (QED) is 0.361. The van der Waals surface area contributed by atoms with Crippen molar-refractivity contribution in [2.75, 3.05) is 32.7 Å². The highest BCUT2D eigenvalue weighted by atomic mass is 32.1. The van der Waals surface area contributed by atoms with Gasteiger partial charge in [0.2, 0.25) is 0 Å². The summed E-state index contributed by atoms with van der Waals surface area (Å²) in [7, 11) is 3.43. The number of methoxy groups -OCH3 is 1. The van der Waals surface area contributed by atoms with Crippen LogP contribution in [0, 0.1) is 0 Å². The number of nitrogens with one attached hydrogen (secondary N) is 2. The van der Waals surface area contributed by atoms with E-state index in [-0.39, 0.29) is 0 Å². The van der Waals surface area contributed by atoms with Crippen molar-refractivity contribution in [3.63, 3.8) is 0 Å². The van der Waals surface area contributed by atoms with Gasteiger partial charge in [0.1, 0.15) is 5.75 Å². The fourth-order valence-corrected chi connectivity index (χ4v) is 3.13. The van der Waals surface area contributed by atoms with Gasteiger partial charge in [-0.1, -0.05) is 6.07 Å². The number of imidazole rings is 1. The summed E-state index contributed by atoms with van der Waals surface area (Å²) in [5.41, 5.74) is 1.88. The van der Waals surface area contributed by atoms with Crippen LogP contribution < -0.4 is 15.4 Å². The maximum absolute atomic E-state index is 5.73. The van der Waals surface area contributed by atoms with Crippen molar-refractivity contribution in [3.8, 4) is 5.75 Å². The lowest BCUT2D eigenvalue weighted by molar-refractivity contribution is 0.172. The van der Waals surface area contributed by atoms with E-state index in [1.54, 1.807) is 25.5 Å². The molecule has 0 atom stereocenters. The molecule has 0 bridgehead atoms. The monoisotopic (exact) mass is 373 g/mol. The van der Waals surface area contributed by atoms with Gasteiger partial charge < -0.3 is 20.1 Å². The third kappa shape index (κ3) is 4.96. The molecule has 138 valence electrons. The zero-order chi connectivity index (χ0) is 18.2. The minimum Gasteiger partial charge on any atom is -0.493 e. The topological polar surface area (TPSA) is 72.2 Å². The second-order valence-electron chi connectivity index (χ2n) is 5.60. The first-order valence-electron chi connectivity index (χ1n) is 8.39. The average Bonchev–Trinajstić information content (AvgIpc) is 3.24. The normalized spacial score (nSPS) is 11.7. The molecule has 8 heteroatoms. The molecule has 0 radical (unpaired) electrons. The van der Waals surface area contributed by atoms with Gasteiger partial charge in [-0.15, -0.1) is 11.3 Å². The highest BCUT2D eigenvalue weighted by Gasteiger charge is 2.05. The zero-order valence-electron chi connectivity index (χ0n) is 14.9. The summed E-state index contributed by atoms with van der Waals surface area (Å²) in [6.07, 6.45) is 4.88. The van der Waals surface area contributed by atoms with Gasteiger partial charge in [-0.3, -0.25) is 9.39 Å². The number of hydrogen-bond donors (Lipinski definition) is 2. The van der Waals surface area contributed by atoms with Crippen LogP contribution in [0.25, 0.3) is 4.96 Å². The third-order valence-electron chi connectivity index (χ3n) is 3.66. The van der Waals surface area contributed by atoms with E-state index in [4.69, 9.17) is 9.47 Å². The molecule has 7 nitrogen and oxygen atoms in total. The number of rotatable bonds is 8. The summed E-state index contributed by atoms with van der Waals surface area (Å²) in [5.74, 6) is 1.49. The molecule has 2 N–H and O–H groups in total. The fourth-order valence-electron chi connectivity index (χ4n) is 2.41. The first-order valence-corrected chi connectivity index (χ1v) is 9.27. The first kappa shape index (κ1) is 18.2. The number of hydrogen-bond acceptors (Lipinski definition) is 5. The molecule has 2 aromatic heterocycles. The summed E-state index contributed by atoms with van der Waals surface area (Å²) < 4.78 is 12.8. The molecule has 0 saturated heterocycles. The first-order chi connectivity index (χ1) is 12.8. The molecule has 0 aliphatic carbocycles. The highest BCUT2D eigenvalue weighted by Crippen LogP contribution is 2.17. The Kier molecular flexibility index (Phi) is 6.45. The van der Waals surface area contributed by atoms with Crippen LogP contribution in [0.2, 0.25) is 0 Å². The van der Waals surface area contributed by atoms with Crippen LogP contribution in [-0.2, 0) is 11.3 Å². The molecule has 2 heterocycles. The van der Waals surface area contributed by atoms with E-state index in [1.807, 2.05) is 46.4 Å². The Labute approximate surface area is 156 Å². The van der Waals surface area contributed by atoms with Crippen molar-refractivity contribution in [1.82, 2.24) is 14.7 Å². The van der Waals surface area contributed by atoms with Crippen LogP contribution in [-0.4, -0.2) is 42.7 Å². The molecule has 26 heavy (non-hydrogen) atoms. The van der Waals surface area contributed by atoms with E-state index in [0.29, 0.717) is 25.7 Å². The van der Waals surface area contributed by atoms with E-state index < -0.39 is 0 Å². The molecular formula is C18H23N5O2S. The molecule has 0 fully saturated rings. The Balaban J connectivity index is 1.53. The molecule has 0 unspecified atom stereocenters. The minimum atomic E-state index is 0.598. The maximum Gasteiger partial charge on any atom is 0.195 e. The minimum absolute atomic E-state index is 0.598. The van der Waals surface area contributed by atoms with Crippen LogP contribution in [0.1, 0.15) is 12.1 Å². The predicted octanol–water partition coefficient (Wildman–Crippen LogP) is 3.00. The number of aromatic nitrogens is 2. The molecule has 0 aliphatic heterocycles. The van der Waals surface area contributed by atoms with Gasteiger partial charge in [0.25, 0.3) is 0 Å². The van der Waals surface area contributed by atoms with Crippen molar-refractivity contribution in [2.45, 2.75) is 13.0 Å². The number of thiazole rings is 1. The smallest absolute Gasteiger partial charge is 0.195 e. The lowest BCUT2D eigenvalue weighted by atomic mass is 10.3. The Hall–Kier alpha value is -2.58. The highest BCUT2D eigenvalue weighted by molar-refractivity contribution is 7.15. The van der Waals surface area contributed by atoms with E-state index in [1.165, 1.54) is 0 Å². The number of anilines is 1. The third-order valence-corrected chi connectivity index (χ3v) is 4.43. The number of ether oxygens (including phenoxy) is 2. The lowest BCUT2D eigenvalue weighted by Crippen LogP contribution is -2.30. The molecule has 0 saturated carbocycles. The summed E-state index contributed by atoms with van der Waals surface area (Å²) in [4.78, 5) is 9.81. The molecule has 0 spiro atoms. The maximum atomic E-state index is 5.73. The average molecular weight is 373 g/mol. The van der Waals surface area contributed by atoms with Gasteiger partial charge in [-0.25, -0.2) is 4.98 Å². The van der Waals surface area contributed by atoms with Crippen LogP contribution in [0.4, 0.5) is 5.69 Å². The fraction of sp³-hybridized carbons (Fsp3) is 0.333. The largest absolute Gasteiger partial charge is 0.493 e. The standard InChI is InChI=1S/C18H23N5O2S/c1-19-17(20-12-15-13-23-7-10-26-18(23)22-15)21-14-5-3-6-16(11-14)25-9-4-8-24-2/h3,5-7,10-11,13H,4,8-9,12H2,1-2H3,(H2,19,20,21). The number of nitrogens with zero attached hydrogens (tertiary/aromatic N) is 3. The van der Waals surface area contributed by atoms with E-state index in [9.17, 15) is 0 Å². The van der Waals surface area contributed by atoms with E-state index in [2.05, 4.69) is 20.6 Å². The summed E-state index contributed by atoms with van der Waals surface area (Å²) in [5, 5.41) is 8.56. The van der Waals surface area contributed by atoms with Gasteiger partial charge in [0, 0.05) is 56.7 Å². The van der Waals surface area contributed by atoms with E-state index in [0.717, 1.165) is 28.5 Å². The van der Waals surface area contributed by atoms with Gasteiger partial charge >= 0.3 is 0 Å². The Morgan fingerprint density at radius 2 is 2.27 bits per heavy atom. The van der Waals surface area contributed by atoms with Crippen molar-refractivity contribution in [1.29, 1.82) is 0 Å². The van der Waals surface area contributed by atoms with Crippen LogP contribution >= 0.6 is 11.3 Å². The Morgan fingerprint density at radius 3 is 3.08 bits per heavy atom. The molecule has 3 aromatic rings. The van der Waals surface area contributed by atoms with Crippen molar-refractivity contribution >= 4 is 27.9 Å². The van der Waals surface area contributed by atoms with Gasteiger partial charge in [0.05, 0.1) is 18.8 Å². The SMILES string of the molecule is CN=C(NCc1cn2ccsc2n1)Nc1cccc(OCCCOC)c1. The second kappa shape index (κ2) is 9.21. The Bertz CT molecular complexity index is 830. The lowest BCUT2D eigenvalue weighted by Gasteiger charge is -2.12. The second-order valence-corrected chi connectivity index (χ2v) is 6.47. The number of fused-ring (bicyclic) bond motifs is 1. The van der Waals surface area contributed by atoms with Gasteiger partial charge in [-0.05, 0) is 12.1 Å². The molecular weight excluding hydrogens is 350 g/mol. The van der Waals surface area contributed by atoms with Crippen LogP contribution in [0.15, 0.2) is 47.0 Å². The molecule has 1 aromatic carbocycles. The number of benzene rings is 1. The van der Waals surface area contributed by atoms with Crippen LogP contribution in [0.5, 0.6) is 5.75 Å². The number of aliphatic imine (C=N–C) groups is 1. The van der Waals surface area contributed by atoms with Crippen molar-refractivity contribution < 1.29 is 9.47 Å². The molecule has 0 amide bonds. The van der Waals surface area contributed by atoms with E-state index >= 15 is 0 Å². The van der Waals surface area contributed by atoms with Gasteiger partial charge in [-0.2, -0.15) is 0 Å². The molecule has 3 rings (SSSR count). The summed E-state index contributed by atoms with van der Waals surface area (Å²) in [6.45, 7) is 1.92. The predicted molar refractivity (Wildman–Crippen MR) is 105 cm³/mol.